The van der Waals surface area contributed by atoms with Gasteiger partial charge < -0.3 is 0 Å². The van der Waals surface area contributed by atoms with E-state index >= 15 is 0 Å². The molecule has 0 N–H and O–H groups in total. The van der Waals surface area contributed by atoms with Crippen LogP contribution in [0.25, 0.3) is 33.4 Å². The van der Waals surface area contributed by atoms with Crippen molar-refractivity contribution in [3.63, 3.8) is 0 Å². The Labute approximate surface area is 222 Å². The van der Waals surface area contributed by atoms with Gasteiger partial charge in [0.15, 0.2) is 14.7 Å². The van der Waals surface area contributed by atoms with E-state index in [1.807, 2.05) is 0 Å². The second-order valence-electron chi connectivity index (χ2n) is 8.89. The third-order valence-corrected chi connectivity index (χ3v) is 8.82. The monoisotopic (exact) mass is 491 g/mol. The minimum absolute atomic E-state index is 0.275. The molecule has 0 unspecified atom stereocenters. The van der Waals surface area contributed by atoms with Crippen molar-refractivity contribution in [1.82, 2.24) is 0 Å². The largest absolute Gasteiger partial charge is 0.175 e. The molecule has 6 aromatic carbocycles. The molecule has 0 fully saturated rings. The van der Waals surface area contributed by atoms with Crippen molar-refractivity contribution < 1.29 is 0 Å². The molecular formula is C36H27S+. The van der Waals surface area contributed by atoms with E-state index in [1.165, 1.54) is 48.1 Å². The fraction of sp³-hybridized carbons (Fsp3) is 0. The molecule has 0 spiro atoms. The Morgan fingerprint density at radius 2 is 0.676 bits per heavy atom. The van der Waals surface area contributed by atoms with E-state index in [0.717, 1.165) is 0 Å². The Hall–Kier alpha value is -4.33. The Morgan fingerprint density at radius 1 is 0.297 bits per heavy atom. The molecule has 0 aromatic heterocycles. The van der Waals surface area contributed by atoms with E-state index in [1.54, 1.807) is 0 Å². The van der Waals surface area contributed by atoms with Gasteiger partial charge in [-0.1, -0.05) is 127 Å². The Kier molecular flexibility index (Phi) is 6.70. The highest BCUT2D eigenvalue weighted by atomic mass is 32.2. The minimum atomic E-state index is -0.275. The van der Waals surface area contributed by atoms with Gasteiger partial charge in [-0.3, -0.25) is 0 Å². The highest BCUT2D eigenvalue weighted by Gasteiger charge is 2.34. The summed E-state index contributed by atoms with van der Waals surface area (Å²) in [6.45, 7) is 0. The first-order chi connectivity index (χ1) is 18.4. The molecular weight excluding hydrogens is 464 g/mol. The lowest BCUT2D eigenvalue weighted by Gasteiger charge is -2.20. The van der Waals surface area contributed by atoms with Crippen LogP contribution in [0.1, 0.15) is 0 Å². The maximum absolute atomic E-state index is 2.36. The topological polar surface area (TPSA) is 0 Å². The predicted molar refractivity (Wildman–Crippen MR) is 158 cm³/mol. The summed E-state index contributed by atoms with van der Waals surface area (Å²) in [6, 6.07) is 59.0. The van der Waals surface area contributed by atoms with Gasteiger partial charge in [-0.25, -0.2) is 0 Å². The predicted octanol–water partition coefficient (Wildman–Crippen LogP) is 9.78. The number of hydrogen-bond donors (Lipinski definition) is 0. The first-order valence-electron chi connectivity index (χ1n) is 12.6. The second-order valence-corrected chi connectivity index (χ2v) is 10.9. The van der Waals surface area contributed by atoms with E-state index in [0.29, 0.717) is 0 Å². The van der Waals surface area contributed by atoms with Crippen molar-refractivity contribution in [2.45, 2.75) is 14.7 Å². The van der Waals surface area contributed by atoms with E-state index < -0.39 is 0 Å². The minimum Gasteiger partial charge on any atom is -0.0622 e. The van der Waals surface area contributed by atoms with Crippen molar-refractivity contribution in [3.8, 4) is 33.4 Å². The summed E-state index contributed by atoms with van der Waals surface area (Å²) in [5.74, 6) is 0. The lowest BCUT2D eigenvalue weighted by atomic mass is 9.87. The maximum Gasteiger partial charge on any atom is 0.175 e. The van der Waals surface area contributed by atoms with Gasteiger partial charge in [0.2, 0.25) is 0 Å². The Morgan fingerprint density at radius 3 is 1.14 bits per heavy atom. The summed E-state index contributed by atoms with van der Waals surface area (Å²) in [5, 5.41) is 0. The van der Waals surface area contributed by atoms with Crippen LogP contribution in [-0.4, -0.2) is 0 Å². The van der Waals surface area contributed by atoms with Gasteiger partial charge in [-0.05, 0) is 58.7 Å². The highest BCUT2D eigenvalue weighted by Crippen LogP contribution is 2.46. The van der Waals surface area contributed by atoms with Crippen LogP contribution in [0.5, 0.6) is 0 Å². The fourth-order valence-electron chi connectivity index (χ4n) is 4.91. The van der Waals surface area contributed by atoms with Crippen molar-refractivity contribution >= 4 is 10.9 Å². The average Bonchev–Trinajstić information content (AvgIpc) is 2.99. The van der Waals surface area contributed by atoms with Crippen molar-refractivity contribution in [2.24, 2.45) is 0 Å². The van der Waals surface area contributed by atoms with Crippen LogP contribution >= 0.6 is 0 Å². The van der Waals surface area contributed by atoms with Gasteiger partial charge in [-0.15, -0.1) is 0 Å². The van der Waals surface area contributed by atoms with Crippen LogP contribution in [-0.2, 0) is 10.9 Å². The quantitative estimate of drug-likeness (QED) is 0.203. The van der Waals surface area contributed by atoms with E-state index in [2.05, 4.69) is 164 Å². The lowest BCUT2D eigenvalue weighted by molar-refractivity contribution is 1.32. The van der Waals surface area contributed by atoms with E-state index in [9.17, 15) is 0 Å². The molecule has 6 aromatic rings. The van der Waals surface area contributed by atoms with Gasteiger partial charge >= 0.3 is 0 Å². The molecule has 0 amide bonds. The number of benzene rings is 6. The SMILES string of the molecule is c1ccc(-c2ccc([S+](c3ccccc3)c3ccccc3)c(-c3ccccc3)c2-c2ccccc2)cc1. The molecule has 0 saturated heterocycles. The zero-order chi connectivity index (χ0) is 24.9. The van der Waals surface area contributed by atoms with Crippen LogP contribution < -0.4 is 0 Å². The van der Waals surface area contributed by atoms with Gasteiger partial charge in [-0.2, -0.15) is 0 Å². The van der Waals surface area contributed by atoms with E-state index in [-0.39, 0.29) is 10.9 Å². The number of hydrogen-bond acceptors (Lipinski definition) is 0. The summed E-state index contributed by atoms with van der Waals surface area (Å²) in [4.78, 5) is 3.97. The zero-order valence-electron chi connectivity index (χ0n) is 20.5. The average molecular weight is 492 g/mol. The molecule has 0 aliphatic rings. The molecule has 0 heterocycles. The van der Waals surface area contributed by atoms with Crippen LogP contribution in [0.4, 0.5) is 0 Å². The molecule has 0 nitrogen and oxygen atoms in total. The molecule has 0 saturated carbocycles. The van der Waals surface area contributed by atoms with Crippen LogP contribution in [0, 0.1) is 0 Å². The molecule has 0 aliphatic heterocycles. The smallest absolute Gasteiger partial charge is 0.0622 e. The second kappa shape index (κ2) is 10.7. The number of rotatable bonds is 6. The van der Waals surface area contributed by atoms with Crippen molar-refractivity contribution in [3.05, 3.63) is 164 Å². The third kappa shape index (κ3) is 4.74. The Balaban J connectivity index is 1.73. The van der Waals surface area contributed by atoms with Gasteiger partial charge in [0.05, 0.1) is 10.9 Å². The van der Waals surface area contributed by atoms with Crippen LogP contribution in [0.15, 0.2) is 178 Å². The first kappa shape index (κ1) is 23.1. The van der Waals surface area contributed by atoms with Gasteiger partial charge in [0.25, 0.3) is 0 Å². The van der Waals surface area contributed by atoms with Crippen molar-refractivity contribution in [2.75, 3.05) is 0 Å². The normalized spacial score (nSPS) is 10.9. The maximum atomic E-state index is 2.36. The highest BCUT2D eigenvalue weighted by molar-refractivity contribution is 7.97. The summed E-state index contributed by atoms with van der Waals surface area (Å²) in [5.41, 5.74) is 7.51. The first-order valence-corrected chi connectivity index (χ1v) is 13.8. The molecule has 1 heteroatoms. The van der Waals surface area contributed by atoms with E-state index in [4.69, 9.17) is 0 Å². The molecule has 0 radical (unpaired) electrons. The van der Waals surface area contributed by atoms with Crippen LogP contribution in [0.2, 0.25) is 0 Å². The zero-order valence-corrected chi connectivity index (χ0v) is 21.3. The summed E-state index contributed by atoms with van der Waals surface area (Å²) in [7, 11) is -0.275. The molecule has 0 atom stereocenters. The lowest BCUT2D eigenvalue weighted by Crippen LogP contribution is -2.08. The van der Waals surface area contributed by atoms with Crippen molar-refractivity contribution in [1.29, 1.82) is 0 Å². The fourth-order valence-corrected chi connectivity index (χ4v) is 7.18. The summed E-state index contributed by atoms with van der Waals surface area (Å²) < 4.78 is 0. The third-order valence-electron chi connectivity index (χ3n) is 6.55. The molecule has 0 aliphatic carbocycles. The molecule has 37 heavy (non-hydrogen) atoms. The molecule has 0 bridgehead atoms. The van der Waals surface area contributed by atoms with Crippen LogP contribution in [0.3, 0.4) is 0 Å². The standard InChI is InChI=1S/C36H27S/c1-6-16-28(17-7-1)33-26-27-34(37(31-22-12-4-13-23-31)32-24-14-5-15-25-32)36(30-20-10-3-11-21-30)35(33)29-18-8-2-9-19-29/h1-27H/q+1. The summed E-state index contributed by atoms with van der Waals surface area (Å²) >= 11 is 0. The molecule has 6 rings (SSSR count). The van der Waals surface area contributed by atoms with Gasteiger partial charge in [0.1, 0.15) is 0 Å². The summed E-state index contributed by atoms with van der Waals surface area (Å²) in [6.07, 6.45) is 0. The Bertz CT molecular complexity index is 1540. The van der Waals surface area contributed by atoms with Gasteiger partial charge in [0, 0.05) is 11.1 Å². The molecule has 176 valence electrons.